The molecule has 0 saturated carbocycles. The van der Waals surface area contributed by atoms with E-state index >= 15 is 0 Å². The summed E-state index contributed by atoms with van der Waals surface area (Å²) in [5.41, 5.74) is 2.13. The fraction of sp³-hybridized carbons (Fsp3) is 0.167. The lowest BCUT2D eigenvalue weighted by Crippen LogP contribution is -2.38. The fourth-order valence-electron chi connectivity index (χ4n) is 1.80. The van der Waals surface area contributed by atoms with Gasteiger partial charge in [-0.1, -0.05) is 11.8 Å². The summed E-state index contributed by atoms with van der Waals surface area (Å²) in [6.45, 7) is 0. The minimum Gasteiger partial charge on any atom is -0.871 e. The van der Waals surface area contributed by atoms with Crippen molar-refractivity contribution in [3.05, 3.63) is 49.2 Å². The van der Waals surface area contributed by atoms with Crippen molar-refractivity contribution in [1.29, 1.82) is 0 Å². The first-order valence-electron chi connectivity index (χ1n) is 6.20. The largest absolute Gasteiger partial charge is 0.871 e. The third kappa shape index (κ3) is 2.79. The van der Waals surface area contributed by atoms with Gasteiger partial charge < -0.3 is 15.6 Å². The van der Waals surface area contributed by atoms with Gasteiger partial charge in [-0.2, -0.15) is 0 Å². The Morgan fingerprint density at radius 2 is 1.83 bits per heavy atom. The molecule has 0 aliphatic rings. The zero-order valence-electron chi connectivity index (χ0n) is 12.1. The molecule has 1 heterocycles. The Morgan fingerprint density at radius 1 is 1.17 bits per heavy atom. The van der Waals surface area contributed by atoms with Gasteiger partial charge in [0.05, 0.1) is 10.6 Å². The first-order chi connectivity index (χ1) is 10.7. The van der Waals surface area contributed by atoms with Crippen LogP contribution in [0.3, 0.4) is 0 Å². The molecule has 11 heteroatoms. The molecule has 0 radical (unpaired) electrons. The number of anilines is 2. The van der Waals surface area contributed by atoms with Crippen molar-refractivity contribution in [2.45, 2.75) is 0 Å². The summed E-state index contributed by atoms with van der Waals surface area (Å²) in [4.78, 5) is 33.6. The number of aromatic nitrogens is 2. The molecule has 23 heavy (non-hydrogen) atoms. The predicted octanol–water partition coefficient (Wildman–Crippen LogP) is -0.790. The van der Waals surface area contributed by atoms with E-state index in [1.165, 1.54) is 14.1 Å². The van der Waals surface area contributed by atoms with Gasteiger partial charge in [0, 0.05) is 26.2 Å². The van der Waals surface area contributed by atoms with E-state index in [1.54, 1.807) is 0 Å². The highest BCUT2D eigenvalue weighted by Crippen LogP contribution is 2.26. The standard InChI is InChI=1S/C12H13N5O6/c1-15-10(19)9(11(20)16(2)12(15)21)14-13-7-5-6(17(22)23)3-4-8(7)18/h3-5,13-14,18-19H,1-2H3/p-1. The number of nitrogens with one attached hydrogen (secondary N) is 2. The zero-order valence-corrected chi connectivity index (χ0v) is 12.1. The summed E-state index contributed by atoms with van der Waals surface area (Å²) in [6.07, 6.45) is 0. The van der Waals surface area contributed by atoms with Gasteiger partial charge in [-0.05, 0) is 0 Å². The monoisotopic (exact) mass is 322 g/mol. The number of benzene rings is 1. The van der Waals surface area contributed by atoms with Crippen LogP contribution >= 0.6 is 0 Å². The van der Waals surface area contributed by atoms with Crippen molar-refractivity contribution in [1.82, 2.24) is 9.13 Å². The number of nitro benzene ring substituents is 1. The first-order valence-corrected chi connectivity index (χ1v) is 6.20. The number of hydrogen-bond donors (Lipinski definition) is 3. The van der Waals surface area contributed by atoms with E-state index in [9.17, 15) is 29.9 Å². The van der Waals surface area contributed by atoms with Gasteiger partial charge >= 0.3 is 5.69 Å². The summed E-state index contributed by atoms with van der Waals surface area (Å²) in [5.74, 6) is -1.22. The van der Waals surface area contributed by atoms with E-state index in [1.807, 2.05) is 0 Å². The average molecular weight is 322 g/mol. The summed E-state index contributed by atoms with van der Waals surface area (Å²) in [7, 11) is 2.45. The molecule has 0 saturated heterocycles. The number of hydrogen-bond acceptors (Lipinski definition) is 8. The molecule has 0 spiro atoms. The molecule has 11 nitrogen and oxygen atoms in total. The van der Waals surface area contributed by atoms with Crippen molar-refractivity contribution in [2.24, 2.45) is 14.1 Å². The second kappa shape index (κ2) is 5.71. The van der Waals surface area contributed by atoms with Gasteiger partial charge in [-0.25, -0.2) is 4.79 Å². The Labute approximate surface area is 128 Å². The van der Waals surface area contributed by atoms with E-state index in [0.29, 0.717) is 0 Å². The lowest BCUT2D eigenvalue weighted by molar-refractivity contribution is -0.385. The van der Waals surface area contributed by atoms with Crippen LogP contribution in [0, 0.1) is 10.1 Å². The molecule has 0 unspecified atom stereocenters. The number of hydrazine groups is 1. The van der Waals surface area contributed by atoms with E-state index < -0.39 is 27.8 Å². The molecule has 2 rings (SSSR count). The van der Waals surface area contributed by atoms with Gasteiger partial charge in [0.15, 0.2) is 5.69 Å². The first kappa shape index (κ1) is 15.9. The number of non-ortho nitro benzene ring substituents is 1. The Balaban J connectivity index is 2.40. The van der Waals surface area contributed by atoms with E-state index in [4.69, 9.17) is 0 Å². The van der Waals surface area contributed by atoms with Crippen molar-refractivity contribution >= 4 is 17.1 Å². The van der Waals surface area contributed by atoms with Gasteiger partial charge in [0.2, 0.25) is 5.88 Å². The van der Waals surface area contributed by atoms with Gasteiger partial charge in [-0.3, -0.25) is 29.5 Å². The number of rotatable bonds is 4. The topological polar surface area (TPSA) is 154 Å². The highest BCUT2D eigenvalue weighted by molar-refractivity contribution is 5.64. The highest BCUT2D eigenvalue weighted by atomic mass is 16.6. The van der Waals surface area contributed by atoms with Crippen LogP contribution in [0.1, 0.15) is 0 Å². The van der Waals surface area contributed by atoms with E-state index in [0.717, 1.165) is 27.3 Å². The second-order valence-corrected chi connectivity index (χ2v) is 4.59. The van der Waals surface area contributed by atoms with Crippen LogP contribution in [-0.2, 0) is 14.1 Å². The maximum absolute atomic E-state index is 11.9. The van der Waals surface area contributed by atoms with Crippen LogP contribution in [-0.4, -0.2) is 19.2 Å². The molecular weight excluding hydrogens is 310 g/mol. The normalized spacial score (nSPS) is 10.3. The van der Waals surface area contributed by atoms with Crippen molar-refractivity contribution in [3.63, 3.8) is 0 Å². The third-order valence-corrected chi connectivity index (χ3v) is 3.13. The number of nitrogens with zero attached hydrogens (tertiary/aromatic N) is 3. The average Bonchev–Trinajstić information content (AvgIpc) is 2.52. The van der Waals surface area contributed by atoms with Gasteiger partial charge in [0.25, 0.3) is 11.2 Å². The van der Waals surface area contributed by atoms with Crippen molar-refractivity contribution < 1.29 is 15.1 Å². The molecule has 0 amide bonds. The van der Waals surface area contributed by atoms with E-state index in [2.05, 4.69) is 10.9 Å². The molecule has 3 N–H and O–H groups in total. The number of aromatic hydroxyl groups is 1. The van der Waals surface area contributed by atoms with Gasteiger partial charge in [0.1, 0.15) is 0 Å². The van der Waals surface area contributed by atoms with Crippen LogP contribution in [0.25, 0.3) is 0 Å². The molecule has 0 aliphatic carbocycles. The molecule has 0 fully saturated rings. The minimum absolute atomic E-state index is 0.200. The molecule has 1 aromatic heterocycles. The fourth-order valence-corrected chi connectivity index (χ4v) is 1.80. The lowest BCUT2D eigenvalue weighted by atomic mass is 10.2. The maximum atomic E-state index is 11.9. The minimum atomic E-state index is -0.837. The molecule has 122 valence electrons. The molecule has 0 atom stereocenters. The zero-order chi connectivity index (χ0) is 17.3. The molecule has 0 bridgehead atoms. The highest BCUT2D eigenvalue weighted by Gasteiger charge is 2.15. The van der Waals surface area contributed by atoms with Crippen LogP contribution in [0.5, 0.6) is 11.6 Å². The molecule has 0 aliphatic heterocycles. The van der Waals surface area contributed by atoms with Crippen molar-refractivity contribution in [3.8, 4) is 11.6 Å². The Kier molecular flexibility index (Phi) is 3.94. The van der Waals surface area contributed by atoms with Crippen LogP contribution in [0.15, 0.2) is 27.8 Å². The summed E-state index contributed by atoms with van der Waals surface area (Å²) < 4.78 is 1.56. The van der Waals surface area contributed by atoms with Gasteiger partial charge in [-0.15, -0.1) is 0 Å². The smallest absolute Gasteiger partial charge is 0.333 e. The Hall–Kier alpha value is -3.50. The second-order valence-electron chi connectivity index (χ2n) is 4.59. The lowest BCUT2D eigenvalue weighted by Gasteiger charge is -2.17. The SMILES string of the molecule is Cn1c(O)c(NNc2cc([N+](=O)[O-])ccc2[O-])c(=O)n(C)c1=O. The molecular formula is C12H12N5O6-. The predicted molar refractivity (Wildman–Crippen MR) is 78.4 cm³/mol. The van der Waals surface area contributed by atoms with E-state index in [-0.39, 0.29) is 17.1 Å². The quantitative estimate of drug-likeness (QED) is 0.488. The molecule has 2 aromatic rings. The Bertz CT molecular complexity index is 900. The molecule has 1 aromatic carbocycles. The number of nitro groups is 1. The van der Waals surface area contributed by atoms with Crippen LogP contribution in [0.2, 0.25) is 0 Å². The summed E-state index contributed by atoms with van der Waals surface area (Å²) in [5, 5.41) is 32.2. The Morgan fingerprint density at radius 3 is 2.43 bits per heavy atom. The van der Waals surface area contributed by atoms with Crippen LogP contribution in [0.4, 0.5) is 17.1 Å². The van der Waals surface area contributed by atoms with Crippen molar-refractivity contribution in [2.75, 3.05) is 10.9 Å². The third-order valence-electron chi connectivity index (χ3n) is 3.13. The van der Waals surface area contributed by atoms with Crippen LogP contribution < -0.4 is 27.2 Å². The summed E-state index contributed by atoms with van der Waals surface area (Å²) >= 11 is 0. The summed E-state index contributed by atoms with van der Waals surface area (Å²) in [6, 6.07) is 3.00. The maximum Gasteiger partial charge on any atom is 0.333 e.